The molecule has 0 radical (unpaired) electrons. The summed E-state index contributed by atoms with van der Waals surface area (Å²) in [6.45, 7) is 2.78. The maximum absolute atomic E-state index is 9.61. The van der Waals surface area contributed by atoms with Crippen molar-refractivity contribution in [1.82, 2.24) is 0 Å². The Kier molecular flexibility index (Phi) is 4.44. The predicted molar refractivity (Wildman–Crippen MR) is 117 cm³/mol. The van der Waals surface area contributed by atoms with Crippen LogP contribution in [0.25, 0.3) is 32.3 Å². The number of aliphatic hydroxyl groups excluding tert-OH is 1. The third-order valence-corrected chi connectivity index (χ3v) is 5.82. The first-order valence-electron chi connectivity index (χ1n) is 9.97. The van der Waals surface area contributed by atoms with E-state index in [2.05, 4.69) is 84.9 Å². The lowest BCUT2D eigenvalue weighted by Crippen LogP contribution is -3.09. The smallest absolute Gasteiger partial charge is 0.104 e. The Morgan fingerprint density at radius 2 is 1.29 bits per heavy atom. The SMILES string of the molecule is OCC[NH+](Cc1ccccc1)Cc1ccc2ccc3cccc4ccc1c2c34. The lowest BCUT2D eigenvalue weighted by molar-refractivity contribution is -0.927. The summed E-state index contributed by atoms with van der Waals surface area (Å²) in [7, 11) is 0. The highest BCUT2D eigenvalue weighted by Gasteiger charge is 2.15. The van der Waals surface area contributed by atoms with E-state index in [9.17, 15) is 5.11 Å². The fourth-order valence-corrected chi connectivity index (χ4v) is 4.50. The predicted octanol–water partition coefficient (Wildman–Crippen LogP) is 4.16. The number of aliphatic hydroxyl groups is 1. The van der Waals surface area contributed by atoms with Gasteiger partial charge in [0, 0.05) is 11.1 Å². The van der Waals surface area contributed by atoms with Gasteiger partial charge in [0.05, 0.1) is 6.61 Å². The van der Waals surface area contributed by atoms with Crippen molar-refractivity contribution in [2.75, 3.05) is 13.2 Å². The number of nitrogens with one attached hydrogen (secondary N) is 1. The van der Waals surface area contributed by atoms with Gasteiger partial charge in [0.25, 0.3) is 0 Å². The topological polar surface area (TPSA) is 24.7 Å². The number of hydrogen-bond donors (Lipinski definition) is 2. The summed E-state index contributed by atoms with van der Waals surface area (Å²) in [6.07, 6.45) is 0. The fourth-order valence-electron chi connectivity index (χ4n) is 4.50. The zero-order valence-corrected chi connectivity index (χ0v) is 15.9. The van der Waals surface area contributed by atoms with Gasteiger partial charge < -0.3 is 10.0 Å². The van der Waals surface area contributed by atoms with Gasteiger partial charge in [-0.05, 0) is 32.3 Å². The molecule has 0 heterocycles. The molecule has 1 unspecified atom stereocenters. The van der Waals surface area contributed by atoms with Crippen LogP contribution in [0.2, 0.25) is 0 Å². The summed E-state index contributed by atoms with van der Waals surface area (Å²) in [5.41, 5.74) is 2.66. The number of rotatable bonds is 6. The Morgan fingerprint density at radius 1 is 0.607 bits per heavy atom. The van der Waals surface area contributed by atoms with Crippen LogP contribution >= 0.6 is 0 Å². The van der Waals surface area contributed by atoms with Crippen LogP contribution in [0.15, 0.2) is 84.9 Å². The van der Waals surface area contributed by atoms with E-state index in [4.69, 9.17) is 0 Å². The molecule has 0 spiro atoms. The largest absolute Gasteiger partial charge is 0.391 e. The van der Waals surface area contributed by atoms with Crippen LogP contribution in [-0.4, -0.2) is 18.3 Å². The van der Waals surface area contributed by atoms with Crippen molar-refractivity contribution in [3.05, 3.63) is 96.1 Å². The molecule has 0 fully saturated rings. The van der Waals surface area contributed by atoms with Crippen LogP contribution in [0.3, 0.4) is 0 Å². The van der Waals surface area contributed by atoms with Gasteiger partial charge in [0.15, 0.2) is 0 Å². The minimum absolute atomic E-state index is 0.202. The van der Waals surface area contributed by atoms with Crippen molar-refractivity contribution < 1.29 is 10.0 Å². The minimum atomic E-state index is 0.202. The summed E-state index contributed by atoms with van der Waals surface area (Å²) in [5, 5.41) is 17.6. The lowest BCUT2D eigenvalue weighted by Gasteiger charge is -2.21. The van der Waals surface area contributed by atoms with Gasteiger partial charge in [-0.15, -0.1) is 0 Å². The van der Waals surface area contributed by atoms with Gasteiger partial charge in [-0.1, -0.05) is 84.9 Å². The van der Waals surface area contributed by atoms with Crippen LogP contribution in [-0.2, 0) is 13.1 Å². The first-order chi connectivity index (χ1) is 13.8. The average Bonchev–Trinajstić information content (AvgIpc) is 2.74. The van der Waals surface area contributed by atoms with Gasteiger partial charge >= 0.3 is 0 Å². The monoisotopic (exact) mass is 366 g/mol. The lowest BCUT2D eigenvalue weighted by atomic mass is 9.92. The van der Waals surface area contributed by atoms with E-state index in [0.29, 0.717) is 0 Å². The summed E-state index contributed by atoms with van der Waals surface area (Å²) >= 11 is 0. The molecule has 1 atom stereocenters. The van der Waals surface area contributed by atoms with Crippen LogP contribution in [0.1, 0.15) is 11.1 Å². The minimum Gasteiger partial charge on any atom is -0.391 e. The van der Waals surface area contributed by atoms with Crippen LogP contribution in [0, 0.1) is 0 Å². The van der Waals surface area contributed by atoms with E-state index < -0.39 is 0 Å². The molecule has 2 N–H and O–H groups in total. The van der Waals surface area contributed by atoms with E-state index in [1.807, 2.05) is 0 Å². The van der Waals surface area contributed by atoms with Crippen LogP contribution in [0.4, 0.5) is 0 Å². The maximum atomic E-state index is 9.61. The van der Waals surface area contributed by atoms with Gasteiger partial charge in [0.1, 0.15) is 19.6 Å². The molecule has 5 rings (SSSR count). The zero-order chi connectivity index (χ0) is 18.9. The number of benzene rings is 5. The number of quaternary nitrogens is 1. The van der Waals surface area contributed by atoms with Crippen molar-refractivity contribution in [1.29, 1.82) is 0 Å². The van der Waals surface area contributed by atoms with E-state index in [1.165, 1.54) is 48.3 Å². The second kappa shape index (κ2) is 7.23. The van der Waals surface area contributed by atoms with Crippen molar-refractivity contribution in [3.63, 3.8) is 0 Å². The highest BCUT2D eigenvalue weighted by atomic mass is 16.3. The van der Waals surface area contributed by atoms with Crippen LogP contribution < -0.4 is 4.90 Å². The summed E-state index contributed by atoms with van der Waals surface area (Å²) in [5.74, 6) is 0. The van der Waals surface area contributed by atoms with Crippen molar-refractivity contribution in [2.24, 2.45) is 0 Å². The highest BCUT2D eigenvalue weighted by Crippen LogP contribution is 2.35. The molecule has 0 saturated heterocycles. The van der Waals surface area contributed by atoms with Crippen molar-refractivity contribution >= 4 is 32.3 Å². The Hall–Kier alpha value is -2.94. The molecule has 2 heteroatoms. The first-order valence-corrected chi connectivity index (χ1v) is 9.97. The quantitative estimate of drug-likeness (QED) is 0.433. The molecule has 138 valence electrons. The third-order valence-electron chi connectivity index (χ3n) is 5.82. The summed E-state index contributed by atoms with van der Waals surface area (Å²) in [6, 6.07) is 30.6. The summed E-state index contributed by atoms with van der Waals surface area (Å²) in [4.78, 5) is 1.38. The normalized spacial score (nSPS) is 12.9. The fraction of sp³-hybridized carbons (Fsp3) is 0.154. The Morgan fingerprint density at radius 3 is 2.04 bits per heavy atom. The van der Waals surface area contributed by atoms with Gasteiger partial charge in [-0.2, -0.15) is 0 Å². The second-order valence-corrected chi connectivity index (χ2v) is 7.64. The van der Waals surface area contributed by atoms with Crippen molar-refractivity contribution in [3.8, 4) is 0 Å². The molecule has 0 amide bonds. The Balaban J connectivity index is 1.59. The highest BCUT2D eigenvalue weighted by molar-refractivity contribution is 6.23. The molecule has 2 nitrogen and oxygen atoms in total. The maximum Gasteiger partial charge on any atom is 0.104 e. The van der Waals surface area contributed by atoms with E-state index in [0.717, 1.165) is 19.6 Å². The molecule has 28 heavy (non-hydrogen) atoms. The molecule has 0 aliphatic heterocycles. The molecule has 0 aromatic heterocycles. The zero-order valence-electron chi connectivity index (χ0n) is 15.9. The average molecular weight is 366 g/mol. The Labute approximate surface area is 165 Å². The molecule has 0 saturated carbocycles. The van der Waals surface area contributed by atoms with Crippen LogP contribution in [0.5, 0.6) is 0 Å². The first kappa shape index (κ1) is 17.2. The molecular weight excluding hydrogens is 342 g/mol. The van der Waals surface area contributed by atoms with Gasteiger partial charge in [0.2, 0.25) is 0 Å². The van der Waals surface area contributed by atoms with Gasteiger partial charge in [-0.25, -0.2) is 0 Å². The standard InChI is InChI=1S/C26H23NO/c28-16-15-27(17-19-5-2-1-3-6-19)18-23-12-11-22-10-9-20-7-4-8-21-13-14-24(23)26(22)25(20)21/h1-14,28H,15-18H2/p+1. The number of hydrogen-bond acceptors (Lipinski definition) is 1. The van der Waals surface area contributed by atoms with E-state index in [1.54, 1.807) is 0 Å². The third kappa shape index (κ3) is 3.01. The van der Waals surface area contributed by atoms with Crippen molar-refractivity contribution in [2.45, 2.75) is 13.1 Å². The molecule has 0 aliphatic carbocycles. The molecule has 5 aromatic rings. The second-order valence-electron chi connectivity index (χ2n) is 7.64. The van der Waals surface area contributed by atoms with E-state index in [-0.39, 0.29) is 6.61 Å². The molecule has 0 bridgehead atoms. The summed E-state index contributed by atoms with van der Waals surface area (Å²) < 4.78 is 0. The molecule has 0 aliphatic rings. The van der Waals surface area contributed by atoms with E-state index >= 15 is 0 Å². The Bertz CT molecular complexity index is 1210. The molecule has 5 aromatic carbocycles. The van der Waals surface area contributed by atoms with Gasteiger partial charge in [-0.3, -0.25) is 0 Å². The molecular formula is C26H24NO+.